The van der Waals surface area contributed by atoms with Crippen LogP contribution in [0.2, 0.25) is 0 Å². The molecular formula is C18H15F2N3O2S2. The zero-order valence-electron chi connectivity index (χ0n) is 14.2. The molecule has 140 valence electrons. The molecule has 0 saturated carbocycles. The van der Waals surface area contributed by atoms with Gasteiger partial charge in [0, 0.05) is 23.1 Å². The molecule has 0 aromatic heterocycles. The lowest BCUT2D eigenvalue weighted by Crippen LogP contribution is -2.28. The molecule has 1 fully saturated rings. The van der Waals surface area contributed by atoms with E-state index in [1.54, 1.807) is 17.8 Å². The fourth-order valence-corrected chi connectivity index (χ4v) is 3.79. The molecule has 2 aromatic carbocycles. The molecule has 1 atom stereocenters. The second kappa shape index (κ2) is 8.53. The molecule has 0 bridgehead atoms. The molecular weight excluding hydrogens is 392 g/mol. The molecule has 2 N–H and O–H groups in total. The Labute approximate surface area is 163 Å². The molecule has 0 unspecified atom stereocenters. The van der Waals surface area contributed by atoms with Crippen LogP contribution in [0, 0.1) is 11.6 Å². The monoisotopic (exact) mass is 407 g/mol. The van der Waals surface area contributed by atoms with E-state index < -0.39 is 16.9 Å². The van der Waals surface area contributed by atoms with Crippen molar-refractivity contribution in [1.82, 2.24) is 5.32 Å². The number of anilines is 1. The number of hydrogen-bond donors (Lipinski definition) is 2. The fraction of sp³-hybridized carbons (Fsp3) is 0.167. The summed E-state index contributed by atoms with van der Waals surface area (Å²) in [6, 6.07) is 10.6. The van der Waals surface area contributed by atoms with Gasteiger partial charge in [-0.1, -0.05) is 17.8 Å². The molecule has 27 heavy (non-hydrogen) atoms. The molecule has 2 aromatic rings. The number of aliphatic imine (C=N–C) groups is 1. The first-order valence-electron chi connectivity index (χ1n) is 7.90. The van der Waals surface area contributed by atoms with E-state index in [-0.39, 0.29) is 29.1 Å². The van der Waals surface area contributed by atoms with Gasteiger partial charge in [-0.25, -0.2) is 13.8 Å². The van der Waals surface area contributed by atoms with Crippen LogP contribution in [0.5, 0.6) is 0 Å². The minimum atomic E-state index is -1.02. The Bertz CT molecular complexity index is 921. The summed E-state index contributed by atoms with van der Waals surface area (Å²) >= 11 is 2.64. The smallest absolute Gasteiger partial charge is 0.240 e. The van der Waals surface area contributed by atoms with Crippen LogP contribution in [0.15, 0.2) is 52.4 Å². The molecule has 1 aliphatic heterocycles. The van der Waals surface area contributed by atoms with E-state index >= 15 is 0 Å². The molecule has 5 nitrogen and oxygen atoms in total. The largest absolute Gasteiger partial charge is 0.326 e. The molecule has 3 rings (SSSR count). The average molecular weight is 407 g/mol. The predicted molar refractivity (Wildman–Crippen MR) is 104 cm³/mol. The van der Waals surface area contributed by atoms with Crippen LogP contribution in [0.1, 0.15) is 6.42 Å². The summed E-state index contributed by atoms with van der Waals surface area (Å²) in [5.74, 6) is -2.64. The number of nitrogens with one attached hydrogen (secondary N) is 2. The summed E-state index contributed by atoms with van der Waals surface area (Å²) in [7, 11) is 0. The third kappa shape index (κ3) is 5.08. The lowest BCUT2D eigenvalue weighted by Gasteiger charge is -2.08. The van der Waals surface area contributed by atoms with Crippen molar-refractivity contribution < 1.29 is 18.4 Å². The van der Waals surface area contributed by atoms with Crippen LogP contribution in [0.25, 0.3) is 0 Å². The van der Waals surface area contributed by atoms with Crippen LogP contribution in [0.4, 0.5) is 20.2 Å². The van der Waals surface area contributed by atoms with Crippen molar-refractivity contribution in [2.45, 2.75) is 16.6 Å². The maximum Gasteiger partial charge on any atom is 0.240 e. The quantitative estimate of drug-likeness (QED) is 0.737. The van der Waals surface area contributed by atoms with Crippen molar-refractivity contribution in [1.29, 1.82) is 0 Å². The van der Waals surface area contributed by atoms with Gasteiger partial charge in [0.1, 0.15) is 5.25 Å². The van der Waals surface area contributed by atoms with Gasteiger partial charge in [0.05, 0.1) is 5.69 Å². The summed E-state index contributed by atoms with van der Waals surface area (Å²) < 4.78 is 26.2. The highest BCUT2D eigenvalue weighted by Gasteiger charge is 2.32. The Hall–Kier alpha value is -2.39. The molecule has 1 saturated heterocycles. The number of thioether (sulfide) groups is 2. The summed E-state index contributed by atoms with van der Waals surface area (Å²) in [5, 5.41) is 4.92. The molecule has 0 spiro atoms. The Balaban J connectivity index is 1.62. The summed E-state index contributed by atoms with van der Waals surface area (Å²) in [6.07, 6.45) is 1.91. The van der Waals surface area contributed by atoms with Gasteiger partial charge in [0.2, 0.25) is 11.8 Å². The van der Waals surface area contributed by atoms with Crippen LogP contribution in [0.3, 0.4) is 0 Å². The molecule has 2 amide bonds. The van der Waals surface area contributed by atoms with Crippen molar-refractivity contribution in [3.05, 3.63) is 54.1 Å². The summed E-state index contributed by atoms with van der Waals surface area (Å²) in [4.78, 5) is 29.4. The van der Waals surface area contributed by atoms with Gasteiger partial charge in [-0.3, -0.25) is 9.59 Å². The van der Waals surface area contributed by atoms with Gasteiger partial charge in [-0.15, -0.1) is 11.8 Å². The van der Waals surface area contributed by atoms with Crippen LogP contribution < -0.4 is 10.6 Å². The topological polar surface area (TPSA) is 70.6 Å². The molecule has 0 aliphatic carbocycles. The summed E-state index contributed by atoms with van der Waals surface area (Å²) in [6.45, 7) is 0. The van der Waals surface area contributed by atoms with Crippen LogP contribution in [-0.4, -0.2) is 28.5 Å². The van der Waals surface area contributed by atoms with Crippen molar-refractivity contribution in [3.63, 3.8) is 0 Å². The number of carbonyl (C=O) groups is 2. The molecule has 1 heterocycles. The SMILES string of the molecule is CSc1cccc(NC(=O)C[C@H]2SC(=Nc3ccc(F)c(F)c3)NC2=O)c1. The van der Waals surface area contributed by atoms with E-state index in [1.165, 1.54) is 6.07 Å². The highest BCUT2D eigenvalue weighted by atomic mass is 32.2. The predicted octanol–water partition coefficient (Wildman–Crippen LogP) is 3.93. The minimum absolute atomic E-state index is 0.0310. The number of halogens is 2. The normalized spacial score (nSPS) is 17.8. The van der Waals surface area contributed by atoms with Gasteiger partial charge in [0.25, 0.3) is 0 Å². The van der Waals surface area contributed by atoms with Crippen molar-refractivity contribution in [2.24, 2.45) is 4.99 Å². The van der Waals surface area contributed by atoms with Gasteiger partial charge < -0.3 is 10.6 Å². The first-order chi connectivity index (χ1) is 12.9. The first kappa shape index (κ1) is 19.4. The number of benzene rings is 2. The third-order valence-corrected chi connectivity index (χ3v) is 5.44. The van der Waals surface area contributed by atoms with Gasteiger partial charge in [0.15, 0.2) is 16.8 Å². The molecule has 1 aliphatic rings. The average Bonchev–Trinajstić information content (AvgIpc) is 2.97. The van der Waals surface area contributed by atoms with Gasteiger partial charge in [-0.2, -0.15) is 0 Å². The first-order valence-corrected chi connectivity index (χ1v) is 10.00. The van der Waals surface area contributed by atoms with E-state index in [0.717, 1.165) is 28.8 Å². The molecule has 9 heteroatoms. The number of amidine groups is 1. The van der Waals surface area contributed by atoms with Crippen molar-refractivity contribution >= 4 is 51.9 Å². The maximum atomic E-state index is 13.2. The van der Waals surface area contributed by atoms with Gasteiger partial charge in [-0.05, 0) is 36.6 Å². The Morgan fingerprint density at radius 2 is 2.07 bits per heavy atom. The number of amides is 2. The Kier molecular flexibility index (Phi) is 6.12. The number of nitrogens with zero attached hydrogens (tertiary/aromatic N) is 1. The van der Waals surface area contributed by atoms with E-state index in [4.69, 9.17) is 0 Å². The standard InChI is InChI=1S/C18H15F2N3O2S2/c1-26-12-4-2-3-10(7-12)21-16(24)9-15-17(25)23-18(27-15)22-11-5-6-13(19)14(20)8-11/h2-8,15H,9H2,1H3,(H,21,24)(H,22,23,25)/t15-/m1/s1. The lowest BCUT2D eigenvalue weighted by atomic mass is 10.2. The second-order valence-electron chi connectivity index (χ2n) is 5.60. The zero-order valence-corrected chi connectivity index (χ0v) is 15.8. The molecule has 0 radical (unpaired) electrons. The maximum absolute atomic E-state index is 13.2. The number of carbonyl (C=O) groups excluding carboxylic acids is 2. The van der Waals surface area contributed by atoms with E-state index in [1.807, 2.05) is 24.5 Å². The van der Waals surface area contributed by atoms with Crippen molar-refractivity contribution in [3.8, 4) is 0 Å². The summed E-state index contributed by atoms with van der Waals surface area (Å²) in [5.41, 5.74) is 0.835. The lowest BCUT2D eigenvalue weighted by molar-refractivity contribution is -0.122. The highest BCUT2D eigenvalue weighted by molar-refractivity contribution is 8.15. The Morgan fingerprint density at radius 3 is 2.81 bits per heavy atom. The number of rotatable bonds is 5. The van der Waals surface area contributed by atoms with Crippen molar-refractivity contribution in [2.75, 3.05) is 11.6 Å². The van der Waals surface area contributed by atoms with Crippen LogP contribution in [-0.2, 0) is 9.59 Å². The second-order valence-corrected chi connectivity index (χ2v) is 7.67. The Morgan fingerprint density at radius 1 is 1.26 bits per heavy atom. The van der Waals surface area contributed by atoms with E-state index in [9.17, 15) is 18.4 Å². The zero-order chi connectivity index (χ0) is 19.4. The highest BCUT2D eigenvalue weighted by Crippen LogP contribution is 2.26. The van der Waals surface area contributed by atoms with E-state index in [2.05, 4.69) is 15.6 Å². The van der Waals surface area contributed by atoms with Gasteiger partial charge >= 0.3 is 0 Å². The van der Waals surface area contributed by atoms with E-state index in [0.29, 0.717) is 5.69 Å². The minimum Gasteiger partial charge on any atom is -0.326 e. The third-order valence-electron chi connectivity index (χ3n) is 3.63. The number of hydrogen-bond acceptors (Lipinski definition) is 5. The fourth-order valence-electron chi connectivity index (χ4n) is 2.35. The van der Waals surface area contributed by atoms with Crippen LogP contribution >= 0.6 is 23.5 Å².